The van der Waals surface area contributed by atoms with Gasteiger partial charge in [0.1, 0.15) is 5.69 Å². The molecule has 0 spiro atoms. The van der Waals surface area contributed by atoms with Crippen molar-refractivity contribution in [2.75, 3.05) is 5.32 Å². The lowest BCUT2D eigenvalue weighted by Crippen LogP contribution is -2.26. The minimum Gasteiger partial charge on any atom is -0.306 e. The van der Waals surface area contributed by atoms with Gasteiger partial charge in [0.25, 0.3) is 0 Å². The molecule has 0 bridgehead atoms. The molecule has 0 atom stereocenters. The van der Waals surface area contributed by atoms with E-state index in [1.807, 2.05) is 17.8 Å². The van der Waals surface area contributed by atoms with Crippen LogP contribution >= 0.6 is 23.1 Å². The van der Waals surface area contributed by atoms with E-state index in [2.05, 4.69) is 30.3 Å². The van der Waals surface area contributed by atoms with E-state index in [9.17, 15) is 9.59 Å². The van der Waals surface area contributed by atoms with Crippen LogP contribution in [0.15, 0.2) is 40.7 Å². The fourth-order valence-electron chi connectivity index (χ4n) is 4.81. The number of aromatic nitrogens is 2. The molecule has 1 aromatic carbocycles. The van der Waals surface area contributed by atoms with Crippen LogP contribution in [0.25, 0.3) is 10.6 Å². The molecule has 0 unspecified atom stereocenters. The van der Waals surface area contributed by atoms with Crippen LogP contribution in [0.1, 0.15) is 67.4 Å². The predicted octanol–water partition coefficient (Wildman–Crippen LogP) is 6.75. The smallest absolute Gasteiger partial charge is 0.306 e. The fraction of sp³-hybridized carbons (Fsp3) is 0.385. The summed E-state index contributed by atoms with van der Waals surface area (Å²) < 4.78 is 2.39. The molecule has 1 fully saturated rings. The molecule has 0 aliphatic heterocycles. The molecule has 0 saturated heterocycles. The van der Waals surface area contributed by atoms with Crippen LogP contribution in [0.2, 0.25) is 0 Å². The first-order chi connectivity index (χ1) is 16.3. The van der Waals surface area contributed by atoms with Gasteiger partial charge in [0, 0.05) is 29.1 Å². The molecule has 5 rings (SSSR count). The van der Waals surface area contributed by atoms with Crippen LogP contribution in [0.3, 0.4) is 0 Å². The molecule has 1 amide bonds. The minimum absolute atomic E-state index is 0.0963. The number of thiophene rings is 1. The summed E-state index contributed by atoms with van der Waals surface area (Å²) in [6.45, 7) is 4.28. The van der Waals surface area contributed by atoms with Gasteiger partial charge in [-0.1, -0.05) is 32.8 Å². The van der Waals surface area contributed by atoms with E-state index in [0.717, 1.165) is 26.6 Å². The van der Waals surface area contributed by atoms with Crippen molar-refractivity contribution in [3.8, 4) is 16.6 Å². The SMILES string of the molecule is CC1(C)CC(=O)c2c(SC3CCCC3)sc(-c3ccn(C(=O)Nc4cccc(C#N)c4)n3)c2C1. The van der Waals surface area contributed by atoms with Crippen molar-refractivity contribution in [1.29, 1.82) is 5.26 Å². The lowest BCUT2D eigenvalue weighted by molar-refractivity contribution is 0.0910. The van der Waals surface area contributed by atoms with Gasteiger partial charge in [0.15, 0.2) is 5.78 Å². The third-order valence-corrected chi connectivity index (χ3v) is 9.21. The summed E-state index contributed by atoms with van der Waals surface area (Å²) in [5.74, 6) is 0.226. The minimum atomic E-state index is -0.399. The zero-order chi connectivity index (χ0) is 23.9. The highest BCUT2D eigenvalue weighted by molar-refractivity contribution is 8.01. The van der Waals surface area contributed by atoms with Crippen molar-refractivity contribution >= 4 is 40.6 Å². The number of anilines is 1. The summed E-state index contributed by atoms with van der Waals surface area (Å²) in [5.41, 5.74) is 3.61. The Labute approximate surface area is 207 Å². The molecule has 2 aliphatic carbocycles. The highest BCUT2D eigenvalue weighted by Gasteiger charge is 2.37. The number of carbonyl (C=O) groups excluding carboxylic acids is 2. The molecule has 2 aliphatic rings. The Morgan fingerprint density at radius 2 is 2.06 bits per heavy atom. The molecule has 1 N–H and O–H groups in total. The van der Waals surface area contributed by atoms with Gasteiger partial charge in [0.2, 0.25) is 0 Å². The Morgan fingerprint density at radius 1 is 1.26 bits per heavy atom. The number of nitriles is 1. The summed E-state index contributed by atoms with van der Waals surface area (Å²) >= 11 is 3.51. The van der Waals surface area contributed by atoms with Crippen LogP contribution in [-0.2, 0) is 6.42 Å². The van der Waals surface area contributed by atoms with E-state index in [1.165, 1.54) is 30.4 Å². The number of benzene rings is 1. The van der Waals surface area contributed by atoms with Crippen molar-refractivity contribution < 1.29 is 9.59 Å². The second kappa shape index (κ2) is 9.05. The summed E-state index contributed by atoms with van der Waals surface area (Å²) in [6.07, 6.45) is 7.96. The number of hydrogen-bond donors (Lipinski definition) is 1. The first-order valence-electron chi connectivity index (χ1n) is 11.6. The van der Waals surface area contributed by atoms with Gasteiger partial charge >= 0.3 is 6.03 Å². The van der Waals surface area contributed by atoms with E-state index in [-0.39, 0.29) is 11.2 Å². The number of Topliss-reactive ketones (excluding diaryl/α,β-unsaturated/α-hetero) is 1. The standard InChI is InChI=1S/C26H26N4O2S2/c1-26(2)13-19-22(21(31)14-26)24(33-18-8-3-4-9-18)34-23(19)20-10-11-30(29-20)25(32)28-17-7-5-6-16(12-17)15-27/h5-7,10-12,18H,3-4,8-9,13-14H2,1-2H3,(H,28,32). The molecule has 3 aromatic rings. The van der Waals surface area contributed by atoms with Crippen LogP contribution in [0.4, 0.5) is 10.5 Å². The molecule has 34 heavy (non-hydrogen) atoms. The van der Waals surface area contributed by atoms with Gasteiger partial charge in [-0.3, -0.25) is 4.79 Å². The van der Waals surface area contributed by atoms with Gasteiger partial charge in [-0.05, 0) is 54.5 Å². The number of fused-ring (bicyclic) bond motifs is 1. The highest BCUT2D eigenvalue weighted by atomic mass is 32.2. The van der Waals surface area contributed by atoms with Crippen LogP contribution < -0.4 is 5.32 Å². The van der Waals surface area contributed by atoms with Crippen LogP contribution in [0, 0.1) is 16.7 Å². The number of carbonyl (C=O) groups is 2. The number of ketones is 1. The molecule has 8 heteroatoms. The zero-order valence-electron chi connectivity index (χ0n) is 19.3. The van der Waals surface area contributed by atoms with Gasteiger partial charge in [0.05, 0.1) is 20.7 Å². The van der Waals surface area contributed by atoms with Gasteiger partial charge in [-0.25, -0.2) is 4.79 Å². The molecule has 2 aromatic heterocycles. The highest BCUT2D eigenvalue weighted by Crippen LogP contribution is 2.50. The Bertz CT molecular complexity index is 1310. The van der Waals surface area contributed by atoms with Gasteiger partial charge < -0.3 is 5.32 Å². The van der Waals surface area contributed by atoms with Crippen LogP contribution in [-0.4, -0.2) is 26.8 Å². The average molecular weight is 491 g/mol. The van der Waals surface area contributed by atoms with Crippen molar-refractivity contribution in [2.24, 2.45) is 5.41 Å². The largest absolute Gasteiger partial charge is 0.346 e. The third kappa shape index (κ3) is 4.55. The number of thioether (sulfide) groups is 1. The van der Waals surface area contributed by atoms with Crippen molar-refractivity contribution in [3.63, 3.8) is 0 Å². The maximum absolute atomic E-state index is 13.2. The summed E-state index contributed by atoms with van der Waals surface area (Å²) in [4.78, 5) is 27.0. The summed E-state index contributed by atoms with van der Waals surface area (Å²) in [5, 5.41) is 17.0. The number of rotatable bonds is 4. The van der Waals surface area contributed by atoms with E-state index in [0.29, 0.717) is 28.6 Å². The number of hydrogen-bond acceptors (Lipinski definition) is 6. The fourth-order valence-corrected chi connectivity index (χ4v) is 7.92. The normalized spacial score (nSPS) is 17.4. The van der Waals surface area contributed by atoms with Crippen molar-refractivity contribution in [3.05, 3.63) is 53.2 Å². The first kappa shape index (κ1) is 22.9. The maximum Gasteiger partial charge on any atom is 0.346 e. The Balaban J connectivity index is 1.46. The van der Waals surface area contributed by atoms with Crippen LogP contribution in [0.5, 0.6) is 0 Å². The monoisotopic (exact) mass is 490 g/mol. The number of amides is 1. The van der Waals surface area contributed by atoms with E-state index in [1.54, 1.807) is 41.8 Å². The Kier molecular flexibility index (Phi) is 6.09. The van der Waals surface area contributed by atoms with Crippen molar-refractivity contribution in [2.45, 2.75) is 61.8 Å². The van der Waals surface area contributed by atoms with Gasteiger partial charge in [-0.15, -0.1) is 23.1 Å². The molecular formula is C26H26N4O2S2. The molecular weight excluding hydrogens is 464 g/mol. The number of nitrogens with zero attached hydrogens (tertiary/aromatic N) is 3. The van der Waals surface area contributed by atoms with Crippen molar-refractivity contribution in [1.82, 2.24) is 9.78 Å². The molecule has 0 radical (unpaired) electrons. The lowest BCUT2D eigenvalue weighted by atomic mass is 9.74. The predicted molar refractivity (Wildman–Crippen MR) is 136 cm³/mol. The third-order valence-electron chi connectivity index (χ3n) is 6.40. The molecule has 174 valence electrons. The van der Waals surface area contributed by atoms with E-state index in [4.69, 9.17) is 5.26 Å². The summed E-state index contributed by atoms with van der Waals surface area (Å²) in [6, 6.07) is 10.3. The average Bonchev–Trinajstić information content (AvgIpc) is 3.53. The maximum atomic E-state index is 13.2. The second-order valence-electron chi connectivity index (χ2n) is 9.81. The Morgan fingerprint density at radius 3 is 2.82 bits per heavy atom. The first-order valence-corrected chi connectivity index (χ1v) is 13.3. The number of nitrogens with one attached hydrogen (secondary N) is 1. The topological polar surface area (TPSA) is 87.8 Å². The second-order valence-corrected chi connectivity index (χ2v) is 12.4. The van der Waals surface area contributed by atoms with E-state index < -0.39 is 6.03 Å². The summed E-state index contributed by atoms with van der Waals surface area (Å²) in [7, 11) is 0. The zero-order valence-corrected chi connectivity index (χ0v) is 20.9. The van der Waals surface area contributed by atoms with Gasteiger partial charge in [-0.2, -0.15) is 15.0 Å². The lowest BCUT2D eigenvalue weighted by Gasteiger charge is -2.29. The van der Waals surface area contributed by atoms with E-state index >= 15 is 0 Å². The Hall–Kier alpha value is -2.89. The molecule has 2 heterocycles. The quantitative estimate of drug-likeness (QED) is 0.437. The molecule has 6 nitrogen and oxygen atoms in total. The molecule has 1 saturated carbocycles.